The Bertz CT molecular complexity index is 1840. The number of anilines is 2. The summed E-state index contributed by atoms with van der Waals surface area (Å²) in [6.45, 7) is 2.68. The lowest BCUT2D eigenvalue weighted by Crippen LogP contribution is -2.25. The summed E-state index contributed by atoms with van der Waals surface area (Å²) in [5.74, 6) is -3.13. The fourth-order valence-electron chi connectivity index (χ4n) is 4.18. The Hall–Kier alpha value is -3.64. The zero-order valence-corrected chi connectivity index (χ0v) is 24.9. The van der Waals surface area contributed by atoms with Crippen molar-refractivity contribution >= 4 is 77.1 Å². The Morgan fingerprint density at radius 1 is 0.780 bits per heavy atom. The van der Waals surface area contributed by atoms with Gasteiger partial charge in [-0.3, -0.25) is 19.0 Å². The van der Waals surface area contributed by atoms with Gasteiger partial charge in [-0.15, -0.1) is 0 Å². The maximum Gasteiger partial charge on any atom is 0.321 e. The third-order valence-corrected chi connectivity index (χ3v) is 9.29. The molecule has 1 atom stereocenters. The number of halogens is 2. The van der Waals surface area contributed by atoms with Crippen LogP contribution in [0.1, 0.15) is 25.3 Å². The number of carbonyl (C=O) groups excluding carboxylic acids is 2. The lowest BCUT2D eigenvalue weighted by atomic mass is 9.90. The number of nitrogens with one attached hydrogen (secondary N) is 2. The van der Waals surface area contributed by atoms with E-state index in [1.54, 1.807) is 31.2 Å². The molecule has 0 aliphatic heterocycles. The van der Waals surface area contributed by atoms with Gasteiger partial charge in [0, 0.05) is 26.4 Å². The van der Waals surface area contributed by atoms with Gasteiger partial charge in [0.15, 0.2) is 0 Å². The second kappa shape index (κ2) is 12.1. The van der Waals surface area contributed by atoms with E-state index in [2.05, 4.69) is 9.44 Å². The normalized spacial score (nSPS) is 12.5. The molecule has 214 valence electrons. The first kappa shape index (κ1) is 30.3. The quantitative estimate of drug-likeness (QED) is 0.162. The first-order valence-corrected chi connectivity index (χ1v) is 15.9. The highest BCUT2D eigenvalue weighted by Crippen LogP contribution is 2.40. The van der Waals surface area contributed by atoms with Crippen LogP contribution in [0.4, 0.5) is 11.4 Å². The van der Waals surface area contributed by atoms with Crippen LogP contribution in [0.25, 0.3) is 10.8 Å². The van der Waals surface area contributed by atoms with E-state index >= 15 is 0 Å². The van der Waals surface area contributed by atoms with Gasteiger partial charge in [0.05, 0.1) is 27.8 Å². The summed E-state index contributed by atoms with van der Waals surface area (Å²) >= 11 is 11.8. The van der Waals surface area contributed by atoms with Crippen LogP contribution in [0.15, 0.2) is 88.7 Å². The Balaban J connectivity index is 1.98. The fourth-order valence-corrected chi connectivity index (χ4v) is 6.62. The number of fused-ring (bicyclic) bond motifs is 1. The van der Waals surface area contributed by atoms with Crippen LogP contribution in [-0.2, 0) is 34.4 Å². The molecule has 4 aromatic rings. The van der Waals surface area contributed by atoms with Gasteiger partial charge < -0.3 is 4.74 Å². The number of rotatable bonds is 10. The molecule has 4 rings (SSSR count). The summed E-state index contributed by atoms with van der Waals surface area (Å²) in [7, 11) is -8.43. The van der Waals surface area contributed by atoms with Crippen LogP contribution in [0.2, 0.25) is 10.0 Å². The van der Waals surface area contributed by atoms with E-state index in [0.29, 0.717) is 15.4 Å². The average Bonchev–Trinajstić information content (AvgIpc) is 2.91. The molecule has 2 N–H and O–H groups in total. The number of sulfonamides is 2. The van der Waals surface area contributed by atoms with Gasteiger partial charge in [0.25, 0.3) is 20.0 Å². The molecule has 13 heteroatoms. The lowest BCUT2D eigenvalue weighted by molar-refractivity contribution is -0.147. The number of Topliss-reactive ketones (excluding diaryl/α,β-unsaturated/α-hetero) is 1. The molecule has 0 amide bonds. The van der Waals surface area contributed by atoms with Crippen molar-refractivity contribution in [1.29, 1.82) is 0 Å². The van der Waals surface area contributed by atoms with Gasteiger partial charge in [-0.25, -0.2) is 16.8 Å². The number of hydrogen-bond acceptors (Lipinski definition) is 7. The molecule has 0 bridgehead atoms. The first-order valence-electron chi connectivity index (χ1n) is 12.1. The molecular weight excluding hydrogens is 611 g/mol. The number of benzene rings is 4. The van der Waals surface area contributed by atoms with Crippen LogP contribution >= 0.6 is 23.2 Å². The van der Waals surface area contributed by atoms with E-state index in [-0.39, 0.29) is 38.7 Å². The zero-order valence-electron chi connectivity index (χ0n) is 21.7. The van der Waals surface area contributed by atoms with Crippen molar-refractivity contribution in [2.24, 2.45) is 0 Å². The maximum absolute atomic E-state index is 13.4. The monoisotopic (exact) mass is 634 g/mol. The summed E-state index contributed by atoms with van der Waals surface area (Å²) in [5.41, 5.74) is -0.172. The second-order valence-electron chi connectivity index (χ2n) is 8.85. The molecule has 41 heavy (non-hydrogen) atoms. The first-order chi connectivity index (χ1) is 19.3. The fraction of sp³-hybridized carbons (Fsp3) is 0.143. The van der Waals surface area contributed by atoms with Crippen molar-refractivity contribution in [3.05, 3.63) is 94.5 Å². The Morgan fingerprint density at radius 3 is 1.76 bits per heavy atom. The molecule has 0 aliphatic rings. The minimum absolute atomic E-state index is 0.00976. The Kier molecular flexibility index (Phi) is 8.93. The van der Waals surface area contributed by atoms with E-state index in [1.807, 2.05) is 0 Å². The number of ketones is 1. The molecule has 0 fully saturated rings. The summed E-state index contributed by atoms with van der Waals surface area (Å²) < 4.78 is 63.6. The largest absolute Gasteiger partial charge is 0.465 e. The highest BCUT2D eigenvalue weighted by Gasteiger charge is 2.33. The summed E-state index contributed by atoms with van der Waals surface area (Å²) in [6, 6.07) is 18.5. The highest BCUT2D eigenvalue weighted by atomic mass is 35.5. The number of ether oxygens (including phenoxy) is 1. The maximum atomic E-state index is 13.4. The molecule has 0 heterocycles. The predicted octanol–water partition coefficient (Wildman–Crippen LogP) is 5.98. The number of hydrogen-bond donors (Lipinski definition) is 2. The molecule has 9 nitrogen and oxygen atoms in total. The van der Waals surface area contributed by atoms with Gasteiger partial charge >= 0.3 is 5.97 Å². The Labute approximate surface area is 247 Å². The van der Waals surface area contributed by atoms with Crippen LogP contribution < -0.4 is 9.44 Å². The van der Waals surface area contributed by atoms with Crippen LogP contribution in [0.5, 0.6) is 0 Å². The number of carbonyl (C=O) groups is 2. The summed E-state index contributed by atoms with van der Waals surface area (Å²) in [4.78, 5) is 25.6. The minimum atomic E-state index is -4.26. The minimum Gasteiger partial charge on any atom is -0.465 e. The van der Waals surface area contributed by atoms with Crippen molar-refractivity contribution in [1.82, 2.24) is 0 Å². The third kappa shape index (κ3) is 6.65. The molecule has 0 aromatic heterocycles. The average molecular weight is 636 g/mol. The van der Waals surface area contributed by atoms with E-state index in [0.717, 1.165) is 6.92 Å². The molecule has 0 radical (unpaired) electrons. The van der Waals surface area contributed by atoms with Crippen molar-refractivity contribution < 1.29 is 31.2 Å². The predicted molar refractivity (Wildman–Crippen MR) is 159 cm³/mol. The van der Waals surface area contributed by atoms with Gasteiger partial charge in [-0.05, 0) is 68.4 Å². The lowest BCUT2D eigenvalue weighted by Gasteiger charge is -2.22. The molecule has 0 spiro atoms. The molecule has 4 aromatic carbocycles. The smallest absolute Gasteiger partial charge is 0.321 e. The second-order valence-corrected chi connectivity index (χ2v) is 13.1. The SMILES string of the molecule is CCOC(=O)C(C(C)=O)c1cc(NS(=O)(=O)c2ccc(Cl)cc2)c2ccccc2c1NS(=O)(=O)c1ccc(Cl)cc1. The van der Waals surface area contributed by atoms with Gasteiger partial charge in [-0.2, -0.15) is 0 Å². The van der Waals surface area contributed by atoms with Crippen molar-refractivity contribution in [3.63, 3.8) is 0 Å². The molecular formula is C28H24Cl2N2O7S2. The van der Waals surface area contributed by atoms with Gasteiger partial charge in [0.2, 0.25) is 0 Å². The van der Waals surface area contributed by atoms with Crippen LogP contribution in [0, 0.1) is 0 Å². The highest BCUT2D eigenvalue weighted by molar-refractivity contribution is 7.93. The Morgan fingerprint density at radius 2 is 1.27 bits per heavy atom. The van der Waals surface area contributed by atoms with Gasteiger partial charge in [-0.1, -0.05) is 47.5 Å². The molecule has 0 aliphatic carbocycles. The number of esters is 1. The van der Waals surface area contributed by atoms with Crippen LogP contribution in [-0.4, -0.2) is 35.2 Å². The van der Waals surface area contributed by atoms with Gasteiger partial charge in [0.1, 0.15) is 11.7 Å². The van der Waals surface area contributed by atoms with E-state index in [1.165, 1.54) is 54.6 Å². The summed E-state index contributed by atoms with van der Waals surface area (Å²) in [6.07, 6.45) is 0. The van der Waals surface area contributed by atoms with E-state index < -0.39 is 37.7 Å². The zero-order chi connectivity index (χ0) is 29.9. The molecule has 0 saturated carbocycles. The van der Waals surface area contributed by atoms with E-state index in [9.17, 15) is 26.4 Å². The van der Waals surface area contributed by atoms with Crippen LogP contribution in [0.3, 0.4) is 0 Å². The van der Waals surface area contributed by atoms with E-state index in [4.69, 9.17) is 27.9 Å². The van der Waals surface area contributed by atoms with Crippen molar-refractivity contribution in [2.75, 3.05) is 16.1 Å². The molecule has 0 saturated heterocycles. The third-order valence-electron chi connectivity index (χ3n) is 6.04. The summed E-state index contributed by atoms with van der Waals surface area (Å²) in [5, 5.41) is 1.19. The topological polar surface area (TPSA) is 136 Å². The van der Waals surface area contributed by atoms with Crippen molar-refractivity contribution in [2.45, 2.75) is 29.6 Å². The van der Waals surface area contributed by atoms with Crippen molar-refractivity contribution in [3.8, 4) is 0 Å². The standard InChI is InChI=1S/C28H24Cl2N2O7S2/c1-3-39-28(34)26(17(2)33)24-16-25(31-40(35,36)20-12-8-18(29)9-13-20)22-6-4-5-7-23(22)27(24)32-41(37,38)21-14-10-19(30)11-15-21/h4-16,26,31-32H,3H2,1-2H3. The molecule has 1 unspecified atom stereocenters.